The number of aromatic nitrogens is 1. The van der Waals surface area contributed by atoms with E-state index < -0.39 is 0 Å². The molecule has 1 rings (SSSR count). The van der Waals surface area contributed by atoms with E-state index in [-0.39, 0.29) is 12.6 Å². The lowest BCUT2D eigenvalue weighted by atomic mass is 10.3. The Labute approximate surface area is 78.0 Å². The zero-order valence-corrected chi connectivity index (χ0v) is 7.72. The molecule has 4 nitrogen and oxygen atoms in total. The highest BCUT2D eigenvalue weighted by atomic mass is 16.3. The summed E-state index contributed by atoms with van der Waals surface area (Å²) in [6, 6.07) is 3.62. The van der Waals surface area contributed by atoms with Crippen LogP contribution in [0, 0.1) is 0 Å². The lowest BCUT2D eigenvalue weighted by Crippen LogP contribution is -2.37. The van der Waals surface area contributed by atoms with Crippen LogP contribution in [0.5, 0.6) is 0 Å². The first kappa shape index (κ1) is 9.95. The van der Waals surface area contributed by atoms with Crippen LogP contribution in [-0.4, -0.2) is 36.3 Å². The lowest BCUT2D eigenvalue weighted by Gasteiger charge is -2.21. The first-order valence-electron chi connectivity index (χ1n) is 4.21. The van der Waals surface area contributed by atoms with Gasteiger partial charge in [0.25, 0.3) is 0 Å². The van der Waals surface area contributed by atoms with Gasteiger partial charge in [0, 0.05) is 37.7 Å². The van der Waals surface area contributed by atoms with Crippen LogP contribution in [0.1, 0.15) is 0 Å². The van der Waals surface area contributed by atoms with Crippen LogP contribution in [0.25, 0.3) is 0 Å². The summed E-state index contributed by atoms with van der Waals surface area (Å²) in [7, 11) is 1.94. The zero-order valence-electron chi connectivity index (χ0n) is 7.72. The van der Waals surface area contributed by atoms with E-state index in [1.54, 1.807) is 12.4 Å². The molecule has 0 saturated carbocycles. The molecule has 0 bridgehead atoms. The Morgan fingerprint density at radius 1 is 1.54 bits per heavy atom. The Morgan fingerprint density at radius 2 is 2.15 bits per heavy atom. The summed E-state index contributed by atoms with van der Waals surface area (Å²) < 4.78 is 0. The molecule has 1 atom stereocenters. The van der Waals surface area contributed by atoms with E-state index in [1.807, 2.05) is 24.1 Å². The van der Waals surface area contributed by atoms with Gasteiger partial charge in [0.15, 0.2) is 0 Å². The molecule has 0 aliphatic heterocycles. The average molecular weight is 181 g/mol. The quantitative estimate of drug-likeness (QED) is 0.677. The van der Waals surface area contributed by atoms with Gasteiger partial charge in [-0.15, -0.1) is 0 Å². The minimum absolute atomic E-state index is 0.00935. The number of anilines is 1. The third-order valence-electron chi connectivity index (χ3n) is 1.85. The Hall–Kier alpha value is -1.13. The first-order chi connectivity index (χ1) is 6.24. The molecule has 1 aromatic rings. The maximum Gasteiger partial charge on any atom is 0.0599 e. The van der Waals surface area contributed by atoms with Gasteiger partial charge in [-0.3, -0.25) is 4.98 Å². The highest BCUT2D eigenvalue weighted by Crippen LogP contribution is 2.09. The van der Waals surface area contributed by atoms with Gasteiger partial charge in [-0.05, 0) is 12.1 Å². The fraction of sp³-hybridized carbons (Fsp3) is 0.444. The summed E-state index contributed by atoms with van der Waals surface area (Å²) in [5.74, 6) is 0. The second kappa shape index (κ2) is 4.79. The standard InChI is InChI=1S/C9H15N3O/c1-12(6-8(10)7-13)9-2-4-11-5-3-9/h2-5,8,13H,6-7,10H2,1H3. The van der Waals surface area contributed by atoms with Crippen LogP contribution in [0.15, 0.2) is 24.5 Å². The van der Waals surface area contributed by atoms with E-state index in [2.05, 4.69) is 4.98 Å². The van der Waals surface area contributed by atoms with E-state index in [9.17, 15) is 0 Å². The maximum absolute atomic E-state index is 8.77. The molecule has 0 spiro atoms. The van der Waals surface area contributed by atoms with Crippen molar-refractivity contribution in [3.05, 3.63) is 24.5 Å². The molecule has 1 aromatic heterocycles. The maximum atomic E-state index is 8.77. The van der Waals surface area contributed by atoms with Crippen molar-refractivity contribution in [1.29, 1.82) is 0 Å². The van der Waals surface area contributed by atoms with Gasteiger partial charge >= 0.3 is 0 Å². The molecule has 13 heavy (non-hydrogen) atoms. The van der Waals surface area contributed by atoms with E-state index in [0.717, 1.165) is 5.69 Å². The third kappa shape index (κ3) is 3.01. The van der Waals surface area contributed by atoms with Crippen LogP contribution in [-0.2, 0) is 0 Å². The molecular weight excluding hydrogens is 166 g/mol. The largest absolute Gasteiger partial charge is 0.395 e. The van der Waals surface area contributed by atoms with Gasteiger partial charge in [-0.1, -0.05) is 0 Å². The van der Waals surface area contributed by atoms with Crippen molar-refractivity contribution in [1.82, 2.24) is 4.98 Å². The summed E-state index contributed by atoms with van der Waals surface area (Å²) in [6.45, 7) is 0.649. The highest BCUT2D eigenvalue weighted by Gasteiger charge is 2.05. The minimum Gasteiger partial charge on any atom is -0.395 e. The zero-order chi connectivity index (χ0) is 9.68. The molecule has 72 valence electrons. The fourth-order valence-corrected chi connectivity index (χ4v) is 1.11. The molecule has 0 aliphatic carbocycles. The number of hydrogen-bond acceptors (Lipinski definition) is 4. The molecule has 0 aromatic carbocycles. The van der Waals surface area contributed by atoms with Crippen molar-refractivity contribution < 1.29 is 5.11 Å². The monoisotopic (exact) mass is 181 g/mol. The number of likely N-dealkylation sites (N-methyl/N-ethyl adjacent to an activating group) is 1. The molecule has 1 heterocycles. The van der Waals surface area contributed by atoms with Crippen molar-refractivity contribution >= 4 is 5.69 Å². The fourth-order valence-electron chi connectivity index (χ4n) is 1.11. The van der Waals surface area contributed by atoms with Crippen molar-refractivity contribution in [2.24, 2.45) is 5.73 Å². The van der Waals surface area contributed by atoms with E-state index in [0.29, 0.717) is 6.54 Å². The first-order valence-corrected chi connectivity index (χ1v) is 4.21. The van der Waals surface area contributed by atoms with Gasteiger partial charge in [0.2, 0.25) is 0 Å². The van der Waals surface area contributed by atoms with Gasteiger partial charge in [0.05, 0.1) is 6.61 Å². The number of pyridine rings is 1. The van der Waals surface area contributed by atoms with E-state index in [4.69, 9.17) is 10.8 Å². The molecule has 0 saturated heterocycles. The number of rotatable bonds is 4. The van der Waals surface area contributed by atoms with E-state index in [1.165, 1.54) is 0 Å². The second-order valence-electron chi connectivity index (χ2n) is 3.03. The smallest absolute Gasteiger partial charge is 0.0599 e. The minimum atomic E-state index is -0.196. The predicted molar refractivity (Wildman–Crippen MR) is 52.6 cm³/mol. The van der Waals surface area contributed by atoms with Gasteiger partial charge in [-0.2, -0.15) is 0 Å². The van der Waals surface area contributed by atoms with Gasteiger partial charge < -0.3 is 15.7 Å². The van der Waals surface area contributed by atoms with Crippen LogP contribution in [0.2, 0.25) is 0 Å². The van der Waals surface area contributed by atoms with Gasteiger partial charge in [0.1, 0.15) is 0 Å². The normalized spacial score (nSPS) is 12.5. The Balaban J connectivity index is 2.53. The Morgan fingerprint density at radius 3 is 2.69 bits per heavy atom. The van der Waals surface area contributed by atoms with Crippen molar-refractivity contribution in [2.75, 3.05) is 25.1 Å². The van der Waals surface area contributed by atoms with Crippen LogP contribution in [0.4, 0.5) is 5.69 Å². The Bertz CT molecular complexity index is 240. The number of aliphatic hydroxyl groups excluding tert-OH is 1. The van der Waals surface area contributed by atoms with Crippen molar-refractivity contribution in [3.8, 4) is 0 Å². The number of hydrogen-bond donors (Lipinski definition) is 2. The molecule has 0 radical (unpaired) electrons. The van der Waals surface area contributed by atoms with Crippen molar-refractivity contribution in [3.63, 3.8) is 0 Å². The molecule has 0 aliphatic rings. The highest BCUT2D eigenvalue weighted by molar-refractivity contribution is 5.43. The molecule has 0 amide bonds. The van der Waals surface area contributed by atoms with Crippen LogP contribution >= 0.6 is 0 Å². The topological polar surface area (TPSA) is 62.4 Å². The molecular formula is C9H15N3O. The average Bonchev–Trinajstić information content (AvgIpc) is 2.19. The summed E-state index contributed by atoms with van der Waals surface area (Å²) in [6.07, 6.45) is 3.46. The molecule has 3 N–H and O–H groups in total. The lowest BCUT2D eigenvalue weighted by molar-refractivity contribution is 0.267. The molecule has 4 heteroatoms. The second-order valence-corrected chi connectivity index (χ2v) is 3.03. The third-order valence-corrected chi connectivity index (χ3v) is 1.85. The number of nitrogens with zero attached hydrogens (tertiary/aromatic N) is 2. The van der Waals surface area contributed by atoms with Crippen molar-refractivity contribution in [2.45, 2.75) is 6.04 Å². The molecule has 1 unspecified atom stereocenters. The van der Waals surface area contributed by atoms with Crippen LogP contribution in [0.3, 0.4) is 0 Å². The number of nitrogens with two attached hydrogens (primary N) is 1. The predicted octanol–water partition coefficient (Wildman–Crippen LogP) is -0.163. The molecule has 0 fully saturated rings. The van der Waals surface area contributed by atoms with Gasteiger partial charge in [-0.25, -0.2) is 0 Å². The SMILES string of the molecule is CN(CC(N)CO)c1ccncc1. The summed E-state index contributed by atoms with van der Waals surface area (Å²) >= 11 is 0. The summed E-state index contributed by atoms with van der Waals surface area (Å²) in [5.41, 5.74) is 6.66. The summed E-state index contributed by atoms with van der Waals surface area (Å²) in [5, 5.41) is 8.77. The van der Waals surface area contributed by atoms with Crippen LogP contribution < -0.4 is 10.6 Å². The number of aliphatic hydroxyl groups is 1. The summed E-state index contributed by atoms with van der Waals surface area (Å²) in [4.78, 5) is 5.91. The Kier molecular flexibility index (Phi) is 3.67. The van der Waals surface area contributed by atoms with E-state index >= 15 is 0 Å².